The van der Waals surface area contributed by atoms with E-state index in [1.165, 1.54) is 16.7 Å². The van der Waals surface area contributed by atoms with Crippen LogP contribution in [0.1, 0.15) is 16.7 Å². The summed E-state index contributed by atoms with van der Waals surface area (Å²) in [5.41, 5.74) is 4.03. The van der Waals surface area contributed by atoms with Gasteiger partial charge in [0.1, 0.15) is 5.75 Å². The molecule has 0 aliphatic carbocycles. The van der Waals surface area contributed by atoms with E-state index in [2.05, 4.69) is 57.6 Å². The predicted octanol–water partition coefficient (Wildman–Crippen LogP) is 2.79. The molecule has 30 heavy (non-hydrogen) atoms. The number of hydrogen-bond acceptors (Lipinski definition) is 5. The van der Waals surface area contributed by atoms with Crippen molar-refractivity contribution in [3.05, 3.63) is 65.2 Å². The van der Waals surface area contributed by atoms with Crippen LogP contribution in [-0.4, -0.2) is 67.3 Å². The number of nitrogens with one attached hydrogen (secondary N) is 1. The van der Waals surface area contributed by atoms with Gasteiger partial charge in [-0.2, -0.15) is 11.8 Å². The lowest BCUT2D eigenvalue weighted by molar-refractivity contribution is -0.122. The molecule has 2 heterocycles. The molecule has 4 rings (SSSR count). The fourth-order valence-corrected chi connectivity index (χ4v) is 4.81. The summed E-state index contributed by atoms with van der Waals surface area (Å²) in [5.74, 6) is 3.13. The molecule has 0 saturated carbocycles. The molecule has 1 amide bonds. The van der Waals surface area contributed by atoms with Gasteiger partial charge in [0.2, 0.25) is 5.91 Å². The van der Waals surface area contributed by atoms with E-state index in [1.54, 1.807) is 0 Å². The van der Waals surface area contributed by atoms with Crippen molar-refractivity contribution in [1.82, 2.24) is 15.1 Å². The number of carbonyl (C=O) groups excluding carboxylic acids is 1. The van der Waals surface area contributed by atoms with Gasteiger partial charge in [-0.1, -0.05) is 42.5 Å². The average Bonchev–Trinajstić information content (AvgIpc) is 3.23. The maximum absolute atomic E-state index is 12.2. The summed E-state index contributed by atoms with van der Waals surface area (Å²) in [6.07, 6.45) is 1.02. The monoisotopic (exact) mass is 425 g/mol. The van der Waals surface area contributed by atoms with Crippen LogP contribution in [0, 0.1) is 0 Å². The Morgan fingerprint density at radius 1 is 1.00 bits per heavy atom. The molecule has 0 radical (unpaired) electrons. The standard InChI is InChI=1S/C24H31N3O2S/c28-24(25-9-15-30-19-20-4-2-1-3-5-20)18-27-12-10-26(11-13-27)17-21-6-7-23-22(16-21)8-14-29-23/h1-7,16H,8-15,17-19H2,(H,25,28). The number of carbonyl (C=O) groups is 1. The molecule has 5 nitrogen and oxygen atoms in total. The smallest absolute Gasteiger partial charge is 0.234 e. The van der Waals surface area contributed by atoms with Crippen LogP contribution in [0.2, 0.25) is 0 Å². The van der Waals surface area contributed by atoms with E-state index >= 15 is 0 Å². The van der Waals surface area contributed by atoms with Crippen molar-refractivity contribution in [2.45, 2.75) is 18.7 Å². The van der Waals surface area contributed by atoms with Gasteiger partial charge in [0.25, 0.3) is 0 Å². The van der Waals surface area contributed by atoms with Gasteiger partial charge in [-0.3, -0.25) is 14.6 Å². The van der Waals surface area contributed by atoms with E-state index in [0.717, 1.165) is 69.6 Å². The summed E-state index contributed by atoms with van der Waals surface area (Å²) in [4.78, 5) is 17.0. The second-order valence-electron chi connectivity index (χ2n) is 7.98. The zero-order valence-electron chi connectivity index (χ0n) is 17.5. The molecule has 0 spiro atoms. The SMILES string of the molecule is O=C(CN1CCN(Cc2ccc3c(c2)CCO3)CC1)NCCSCc1ccccc1. The first kappa shape index (κ1) is 21.2. The van der Waals surface area contributed by atoms with Crippen LogP contribution in [0.4, 0.5) is 0 Å². The number of hydrogen-bond donors (Lipinski definition) is 1. The van der Waals surface area contributed by atoms with Gasteiger partial charge in [0, 0.05) is 57.2 Å². The van der Waals surface area contributed by atoms with Crippen LogP contribution in [0.5, 0.6) is 5.75 Å². The minimum absolute atomic E-state index is 0.141. The first-order chi connectivity index (χ1) is 14.8. The lowest BCUT2D eigenvalue weighted by Gasteiger charge is -2.34. The summed E-state index contributed by atoms with van der Waals surface area (Å²) in [7, 11) is 0. The second-order valence-corrected chi connectivity index (χ2v) is 9.09. The first-order valence-electron chi connectivity index (χ1n) is 10.8. The molecule has 0 bridgehead atoms. The summed E-state index contributed by atoms with van der Waals surface area (Å²) >= 11 is 1.86. The molecule has 1 saturated heterocycles. The van der Waals surface area contributed by atoms with E-state index in [-0.39, 0.29) is 5.91 Å². The molecule has 0 unspecified atom stereocenters. The second kappa shape index (κ2) is 10.8. The Bertz CT molecular complexity index is 822. The molecule has 6 heteroatoms. The largest absolute Gasteiger partial charge is 0.493 e. The average molecular weight is 426 g/mol. The quantitative estimate of drug-likeness (QED) is 0.626. The van der Waals surface area contributed by atoms with Gasteiger partial charge in [0.15, 0.2) is 0 Å². The highest BCUT2D eigenvalue weighted by molar-refractivity contribution is 7.98. The van der Waals surface area contributed by atoms with Crippen molar-refractivity contribution >= 4 is 17.7 Å². The summed E-state index contributed by atoms with van der Waals surface area (Å²) in [6.45, 7) is 6.94. The van der Waals surface area contributed by atoms with Crippen molar-refractivity contribution < 1.29 is 9.53 Å². The lowest BCUT2D eigenvalue weighted by Crippen LogP contribution is -2.49. The van der Waals surface area contributed by atoms with Crippen LogP contribution in [0.15, 0.2) is 48.5 Å². The van der Waals surface area contributed by atoms with Crippen molar-refractivity contribution in [1.29, 1.82) is 0 Å². The Kier molecular flexibility index (Phi) is 7.67. The Balaban J connectivity index is 1.09. The van der Waals surface area contributed by atoms with E-state index in [4.69, 9.17) is 4.74 Å². The van der Waals surface area contributed by atoms with Crippen LogP contribution < -0.4 is 10.1 Å². The zero-order chi connectivity index (χ0) is 20.6. The van der Waals surface area contributed by atoms with Gasteiger partial charge >= 0.3 is 0 Å². The maximum Gasteiger partial charge on any atom is 0.234 e. The van der Waals surface area contributed by atoms with Crippen molar-refractivity contribution in [2.24, 2.45) is 0 Å². The molecular formula is C24H31N3O2S. The number of fused-ring (bicyclic) bond motifs is 1. The number of thioether (sulfide) groups is 1. The molecule has 0 atom stereocenters. The topological polar surface area (TPSA) is 44.8 Å². The van der Waals surface area contributed by atoms with Gasteiger partial charge < -0.3 is 10.1 Å². The molecule has 160 valence electrons. The molecule has 2 aliphatic rings. The Labute approximate surface area is 183 Å². The Morgan fingerprint density at radius 3 is 2.63 bits per heavy atom. The van der Waals surface area contributed by atoms with Crippen molar-refractivity contribution in [2.75, 3.05) is 51.6 Å². The third kappa shape index (κ3) is 6.24. The van der Waals surface area contributed by atoms with E-state index in [0.29, 0.717) is 6.54 Å². The highest BCUT2D eigenvalue weighted by Crippen LogP contribution is 2.26. The number of nitrogens with zero attached hydrogens (tertiary/aromatic N) is 2. The molecule has 2 aromatic carbocycles. The molecule has 2 aromatic rings. The van der Waals surface area contributed by atoms with Crippen molar-refractivity contribution in [3.8, 4) is 5.75 Å². The summed E-state index contributed by atoms with van der Waals surface area (Å²) < 4.78 is 5.60. The number of ether oxygens (including phenoxy) is 1. The highest BCUT2D eigenvalue weighted by Gasteiger charge is 2.20. The first-order valence-corrected chi connectivity index (χ1v) is 12.0. The van der Waals surface area contributed by atoms with Gasteiger partial charge in [-0.05, 0) is 22.8 Å². The van der Waals surface area contributed by atoms with Crippen LogP contribution in [-0.2, 0) is 23.5 Å². The summed E-state index contributed by atoms with van der Waals surface area (Å²) in [5, 5.41) is 3.06. The van der Waals surface area contributed by atoms with E-state index < -0.39 is 0 Å². The Hall–Kier alpha value is -2.02. The molecule has 2 aliphatic heterocycles. The normalized spacial score (nSPS) is 16.8. The number of amides is 1. The maximum atomic E-state index is 12.2. The van der Waals surface area contributed by atoms with Crippen LogP contribution in [0.3, 0.4) is 0 Å². The minimum Gasteiger partial charge on any atom is -0.493 e. The fraction of sp³-hybridized carbons (Fsp3) is 0.458. The predicted molar refractivity (Wildman–Crippen MR) is 123 cm³/mol. The van der Waals surface area contributed by atoms with Crippen LogP contribution >= 0.6 is 11.8 Å². The zero-order valence-corrected chi connectivity index (χ0v) is 18.3. The Morgan fingerprint density at radius 2 is 1.80 bits per heavy atom. The lowest BCUT2D eigenvalue weighted by atomic mass is 10.1. The molecule has 0 aromatic heterocycles. The highest BCUT2D eigenvalue weighted by atomic mass is 32.2. The van der Waals surface area contributed by atoms with Gasteiger partial charge in [-0.25, -0.2) is 0 Å². The van der Waals surface area contributed by atoms with E-state index in [1.807, 2.05) is 17.8 Å². The van der Waals surface area contributed by atoms with E-state index in [9.17, 15) is 4.79 Å². The number of rotatable bonds is 9. The third-order valence-electron chi connectivity index (χ3n) is 5.67. The van der Waals surface area contributed by atoms with Crippen LogP contribution in [0.25, 0.3) is 0 Å². The fourth-order valence-electron chi connectivity index (χ4n) is 3.99. The van der Waals surface area contributed by atoms with Gasteiger partial charge in [0.05, 0.1) is 13.2 Å². The summed E-state index contributed by atoms with van der Waals surface area (Å²) in [6, 6.07) is 17.0. The molecule has 1 fully saturated rings. The van der Waals surface area contributed by atoms with Crippen molar-refractivity contribution in [3.63, 3.8) is 0 Å². The molecular weight excluding hydrogens is 394 g/mol. The van der Waals surface area contributed by atoms with Gasteiger partial charge in [-0.15, -0.1) is 0 Å². The molecule has 1 N–H and O–H groups in total. The number of benzene rings is 2. The number of piperazine rings is 1. The minimum atomic E-state index is 0.141. The third-order valence-corrected chi connectivity index (χ3v) is 6.70.